The fourth-order valence-corrected chi connectivity index (χ4v) is 2.98. The molecule has 1 aliphatic rings. The van der Waals surface area contributed by atoms with Gasteiger partial charge in [-0.1, -0.05) is 25.8 Å². The zero-order chi connectivity index (χ0) is 18.0. The topological polar surface area (TPSA) is 86.3 Å². The third-order valence-corrected chi connectivity index (χ3v) is 5.00. The number of nitrogens with zero attached hydrogens (tertiary/aromatic N) is 1. The van der Waals surface area contributed by atoms with E-state index in [0.717, 1.165) is 43.8 Å². The Morgan fingerprint density at radius 1 is 1.42 bits per heavy atom. The average Bonchev–Trinajstić information content (AvgIpc) is 2.57. The molecule has 0 amide bonds. The molecule has 24 heavy (non-hydrogen) atoms. The van der Waals surface area contributed by atoms with Gasteiger partial charge in [-0.2, -0.15) is 5.10 Å². The van der Waals surface area contributed by atoms with Crippen LogP contribution in [-0.2, 0) is 0 Å². The SMILES string of the molecule is C/C=C(/CC1CCCNC1)N/N=C(/CCCCC)C(C)(C)C(=N)N. The van der Waals surface area contributed by atoms with E-state index in [0.29, 0.717) is 5.92 Å². The first-order chi connectivity index (χ1) is 11.4. The van der Waals surface area contributed by atoms with Gasteiger partial charge < -0.3 is 11.1 Å². The maximum atomic E-state index is 7.89. The number of nitrogens with one attached hydrogen (secondary N) is 3. The fourth-order valence-electron chi connectivity index (χ4n) is 2.98. The van der Waals surface area contributed by atoms with Gasteiger partial charge in [-0.05, 0) is 71.9 Å². The summed E-state index contributed by atoms with van der Waals surface area (Å²) in [6.07, 6.45) is 9.99. The van der Waals surface area contributed by atoms with Crippen LogP contribution in [-0.4, -0.2) is 24.6 Å². The summed E-state index contributed by atoms with van der Waals surface area (Å²) in [6, 6.07) is 0. The van der Waals surface area contributed by atoms with E-state index in [1.807, 2.05) is 13.8 Å². The Labute approximate surface area is 148 Å². The number of nitrogens with two attached hydrogens (primary N) is 1. The third kappa shape index (κ3) is 6.63. The molecule has 0 aromatic rings. The fraction of sp³-hybridized carbons (Fsp3) is 0.789. The van der Waals surface area contributed by atoms with Crippen LogP contribution in [0.1, 0.15) is 72.6 Å². The molecule has 1 aliphatic heterocycles. The molecule has 1 unspecified atom stereocenters. The molecule has 0 saturated carbocycles. The van der Waals surface area contributed by atoms with Crippen molar-refractivity contribution in [1.29, 1.82) is 5.41 Å². The summed E-state index contributed by atoms with van der Waals surface area (Å²) in [5, 5.41) is 16.0. The highest BCUT2D eigenvalue weighted by Crippen LogP contribution is 2.22. The molecule has 1 heterocycles. The zero-order valence-corrected chi connectivity index (χ0v) is 16.0. The molecule has 0 spiro atoms. The lowest BCUT2D eigenvalue weighted by molar-refractivity contribution is 0.370. The molecule has 1 saturated heterocycles. The van der Waals surface area contributed by atoms with Gasteiger partial charge in [-0.25, -0.2) is 0 Å². The number of allylic oxidation sites excluding steroid dienone is 2. The molecule has 0 aliphatic carbocycles. The van der Waals surface area contributed by atoms with Crippen molar-refractivity contribution in [3.63, 3.8) is 0 Å². The maximum absolute atomic E-state index is 7.89. The van der Waals surface area contributed by atoms with Gasteiger partial charge in [0, 0.05) is 5.70 Å². The van der Waals surface area contributed by atoms with Gasteiger partial charge in [-0.15, -0.1) is 0 Å². The van der Waals surface area contributed by atoms with E-state index in [1.54, 1.807) is 0 Å². The summed E-state index contributed by atoms with van der Waals surface area (Å²) >= 11 is 0. The van der Waals surface area contributed by atoms with Crippen LogP contribution in [0.4, 0.5) is 0 Å². The van der Waals surface area contributed by atoms with Crippen molar-refractivity contribution < 1.29 is 0 Å². The second-order valence-electron chi connectivity index (χ2n) is 7.40. The van der Waals surface area contributed by atoms with Crippen molar-refractivity contribution in [2.75, 3.05) is 13.1 Å². The van der Waals surface area contributed by atoms with Crippen LogP contribution in [0.25, 0.3) is 0 Å². The van der Waals surface area contributed by atoms with E-state index in [2.05, 4.69) is 35.8 Å². The smallest absolute Gasteiger partial charge is 0.102 e. The van der Waals surface area contributed by atoms with Crippen LogP contribution < -0.4 is 16.5 Å². The van der Waals surface area contributed by atoms with E-state index < -0.39 is 5.41 Å². The molecule has 1 fully saturated rings. The Kier molecular flexibility index (Phi) is 9.04. The van der Waals surface area contributed by atoms with Gasteiger partial charge in [-0.3, -0.25) is 10.8 Å². The molecule has 0 bridgehead atoms. The lowest BCUT2D eigenvalue weighted by Crippen LogP contribution is -2.39. The summed E-state index contributed by atoms with van der Waals surface area (Å²) in [6.45, 7) is 10.5. The minimum absolute atomic E-state index is 0.179. The van der Waals surface area contributed by atoms with Crippen LogP contribution in [0.2, 0.25) is 0 Å². The lowest BCUT2D eigenvalue weighted by atomic mass is 9.83. The average molecular weight is 336 g/mol. The van der Waals surface area contributed by atoms with Crippen LogP contribution in [0.3, 0.4) is 0 Å². The van der Waals surface area contributed by atoms with Gasteiger partial charge in [0.05, 0.1) is 11.1 Å². The standard InChI is InChI=1S/C19H37N5/c1-5-7-8-11-17(19(3,4)18(20)21)24-23-16(6-2)13-15-10-9-12-22-14-15/h6,15,22-23H,5,7-14H2,1-4H3,(H3,20,21)/b16-6-,24-17-. The number of piperidine rings is 1. The van der Waals surface area contributed by atoms with Crippen LogP contribution >= 0.6 is 0 Å². The Morgan fingerprint density at radius 2 is 2.17 bits per heavy atom. The quantitative estimate of drug-likeness (QED) is 0.212. The van der Waals surface area contributed by atoms with Gasteiger partial charge in [0.15, 0.2) is 0 Å². The molecular weight excluding hydrogens is 298 g/mol. The molecule has 138 valence electrons. The van der Waals surface area contributed by atoms with Crippen LogP contribution in [0.15, 0.2) is 16.9 Å². The highest BCUT2D eigenvalue weighted by Gasteiger charge is 2.28. The Bertz CT molecular complexity index is 445. The second-order valence-corrected chi connectivity index (χ2v) is 7.40. The van der Waals surface area contributed by atoms with Gasteiger partial charge in [0.2, 0.25) is 0 Å². The van der Waals surface area contributed by atoms with Crippen LogP contribution in [0, 0.1) is 16.7 Å². The minimum Gasteiger partial charge on any atom is -0.387 e. The van der Waals surface area contributed by atoms with Crippen molar-refractivity contribution >= 4 is 11.5 Å². The summed E-state index contributed by atoms with van der Waals surface area (Å²) in [5.74, 6) is 0.857. The van der Waals surface area contributed by atoms with Crippen molar-refractivity contribution in [1.82, 2.24) is 10.7 Å². The zero-order valence-electron chi connectivity index (χ0n) is 16.0. The van der Waals surface area contributed by atoms with Gasteiger partial charge >= 0.3 is 0 Å². The molecule has 0 aromatic carbocycles. The number of hydrogen-bond donors (Lipinski definition) is 4. The molecular formula is C19H37N5. The summed E-state index contributed by atoms with van der Waals surface area (Å²) < 4.78 is 0. The van der Waals surface area contributed by atoms with Gasteiger partial charge in [0.1, 0.15) is 5.84 Å². The van der Waals surface area contributed by atoms with Crippen molar-refractivity contribution in [2.45, 2.75) is 72.6 Å². The monoisotopic (exact) mass is 335 g/mol. The number of unbranched alkanes of at least 4 members (excludes halogenated alkanes) is 2. The Balaban J connectivity index is 2.73. The first-order valence-electron chi connectivity index (χ1n) is 9.45. The van der Waals surface area contributed by atoms with Crippen LogP contribution in [0.5, 0.6) is 0 Å². The first-order valence-corrected chi connectivity index (χ1v) is 9.45. The van der Waals surface area contributed by atoms with E-state index in [1.165, 1.54) is 25.7 Å². The van der Waals surface area contributed by atoms with Gasteiger partial charge in [0.25, 0.3) is 0 Å². The molecule has 5 N–H and O–H groups in total. The summed E-state index contributed by atoms with van der Waals surface area (Å²) in [4.78, 5) is 0. The van der Waals surface area contributed by atoms with Crippen molar-refractivity contribution in [3.05, 3.63) is 11.8 Å². The first kappa shape index (κ1) is 20.7. The van der Waals surface area contributed by atoms with E-state index in [9.17, 15) is 0 Å². The largest absolute Gasteiger partial charge is 0.387 e. The normalized spacial score (nSPS) is 20.1. The molecule has 0 aromatic heterocycles. The maximum Gasteiger partial charge on any atom is 0.102 e. The molecule has 5 heteroatoms. The predicted molar refractivity (Wildman–Crippen MR) is 104 cm³/mol. The Morgan fingerprint density at radius 3 is 2.71 bits per heavy atom. The third-order valence-electron chi connectivity index (χ3n) is 5.00. The second kappa shape index (κ2) is 10.5. The number of hydrogen-bond acceptors (Lipinski definition) is 4. The number of rotatable bonds is 10. The predicted octanol–water partition coefficient (Wildman–Crippen LogP) is 3.77. The minimum atomic E-state index is -0.494. The number of hydrazone groups is 1. The van der Waals surface area contributed by atoms with E-state index in [-0.39, 0.29) is 5.84 Å². The van der Waals surface area contributed by atoms with Crippen molar-refractivity contribution in [3.8, 4) is 0 Å². The molecule has 5 nitrogen and oxygen atoms in total. The molecule has 1 rings (SSSR count). The van der Waals surface area contributed by atoms with E-state index in [4.69, 9.17) is 11.1 Å². The molecule has 1 atom stereocenters. The highest BCUT2D eigenvalue weighted by molar-refractivity contribution is 6.08. The highest BCUT2D eigenvalue weighted by atomic mass is 15.3. The number of amidine groups is 1. The van der Waals surface area contributed by atoms with Crippen molar-refractivity contribution in [2.24, 2.45) is 22.2 Å². The van der Waals surface area contributed by atoms with E-state index >= 15 is 0 Å². The summed E-state index contributed by atoms with van der Waals surface area (Å²) in [7, 11) is 0. The molecule has 0 radical (unpaired) electrons. The summed E-state index contributed by atoms with van der Waals surface area (Å²) in [5.41, 5.74) is 10.7. The lowest BCUT2D eigenvalue weighted by Gasteiger charge is -2.27. The Hall–Kier alpha value is -1.36.